The van der Waals surface area contributed by atoms with E-state index in [1.165, 1.54) is 25.7 Å². The fourth-order valence-corrected chi connectivity index (χ4v) is 3.76. The Hall–Kier alpha value is -0.300. The first-order valence-corrected chi connectivity index (χ1v) is 5.91. The van der Waals surface area contributed by atoms with E-state index in [1.807, 2.05) is 0 Å². The average molecular weight is 194 g/mol. The van der Waals surface area contributed by atoms with Crippen LogP contribution >= 0.6 is 0 Å². The maximum Gasteiger partial charge on any atom is 0.0434 e. The lowest BCUT2D eigenvalue weighted by atomic mass is 9.86. The second-order valence-electron chi connectivity index (χ2n) is 5.45. The summed E-state index contributed by atoms with van der Waals surface area (Å²) in [5, 5.41) is 9.08. The van der Waals surface area contributed by atoms with Crippen LogP contribution in [-0.2, 0) is 0 Å². The Labute approximate surface area is 87.2 Å². The molecule has 14 heavy (non-hydrogen) atoms. The highest BCUT2D eigenvalue weighted by atomic mass is 16.3. The molecular weight excluding hydrogens is 172 g/mol. The van der Waals surface area contributed by atoms with Crippen molar-refractivity contribution in [3.63, 3.8) is 0 Å². The minimum absolute atomic E-state index is 0.364. The lowest BCUT2D eigenvalue weighted by molar-refractivity contribution is 0.265. The number of hydrogen-bond donors (Lipinski definition) is 1. The Balaban J connectivity index is 2.12. The second-order valence-corrected chi connectivity index (χ2v) is 5.45. The zero-order valence-electron chi connectivity index (χ0n) is 9.42. The van der Waals surface area contributed by atoms with Gasteiger partial charge in [-0.25, -0.2) is 0 Å². The van der Waals surface area contributed by atoms with Crippen LogP contribution in [0.4, 0.5) is 0 Å². The van der Waals surface area contributed by atoms with Crippen LogP contribution in [0.3, 0.4) is 0 Å². The van der Waals surface area contributed by atoms with Gasteiger partial charge in [0.25, 0.3) is 0 Å². The third-order valence-electron chi connectivity index (χ3n) is 5.00. The Morgan fingerprint density at radius 2 is 1.64 bits per heavy atom. The second kappa shape index (κ2) is 3.37. The summed E-state index contributed by atoms with van der Waals surface area (Å²) < 4.78 is 0. The number of hydrogen-bond acceptors (Lipinski definition) is 1. The first kappa shape index (κ1) is 10.2. The molecule has 0 bridgehead atoms. The van der Waals surface area contributed by atoms with Crippen LogP contribution in [-0.4, -0.2) is 11.7 Å². The molecule has 1 nitrogen and oxygen atoms in total. The van der Waals surface area contributed by atoms with Crippen LogP contribution < -0.4 is 0 Å². The molecule has 0 spiro atoms. The molecule has 0 aromatic heterocycles. The van der Waals surface area contributed by atoms with E-state index in [-0.39, 0.29) is 0 Å². The van der Waals surface area contributed by atoms with E-state index in [2.05, 4.69) is 26.0 Å². The molecule has 0 radical (unpaired) electrons. The van der Waals surface area contributed by atoms with Gasteiger partial charge in [0.15, 0.2) is 0 Å². The van der Waals surface area contributed by atoms with Crippen molar-refractivity contribution < 1.29 is 5.11 Å². The Morgan fingerprint density at radius 1 is 1.14 bits per heavy atom. The molecule has 1 unspecified atom stereocenters. The van der Waals surface area contributed by atoms with Crippen molar-refractivity contribution in [3.8, 4) is 0 Å². The highest BCUT2D eigenvalue weighted by molar-refractivity contribution is 5.18. The van der Waals surface area contributed by atoms with Crippen LogP contribution in [0.5, 0.6) is 0 Å². The fraction of sp³-hybridized carbons (Fsp3) is 0.846. The summed E-state index contributed by atoms with van der Waals surface area (Å²) in [4.78, 5) is 0. The highest BCUT2D eigenvalue weighted by Crippen LogP contribution is 2.74. The molecule has 0 saturated heterocycles. The Morgan fingerprint density at radius 3 is 2.07 bits per heavy atom. The van der Waals surface area contributed by atoms with Crippen LogP contribution in [0.25, 0.3) is 0 Å². The first-order valence-electron chi connectivity index (χ1n) is 5.91. The Kier molecular flexibility index (Phi) is 2.46. The van der Waals surface area contributed by atoms with Crippen molar-refractivity contribution in [3.05, 3.63) is 12.2 Å². The third-order valence-corrected chi connectivity index (χ3v) is 5.00. The van der Waals surface area contributed by atoms with Gasteiger partial charge in [-0.2, -0.15) is 0 Å². The molecule has 1 fully saturated rings. The van der Waals surface area contributed by atoms with Crippen LogP contribution in [0.2, 0.25) is 0 Å². The summed E-state index contributed by atoms with van der Waals surface area (Å²) in [5.41, 5.74) is 1.03. The van der Waals surface area contributed by atoms with E-state index < -0.39 is 0 Å². The lowest BCUT2D eigenvalue weighted by Gasteiger charge is -2.18. The average Bonchev–Trinajstić information content (AvgIpc) is 2.55. The van der Waals surface area contributed by atoms with Gasteiger partial charge < -0.3 is 5.11 Å². The minimum Gasteiger partial charge on any atom is -0.396 e. The largest absolute Gasteiger partial charge is 0.396 e. The fourth-order valence-electron chi connectivity index (χ4n) is 3.76. The first-order chi connectivity index (χ1) is 6.65. The summed E-state index contributed by atoms with van der Waals surface area (Å²) in [7, 11) is 0. The van der Waals surface area contributed by atoms with Gasteiger partial charge in [0, 0.05) is 6.61 Å². The summed E-state index contributed by atoms with van der Waals surface area (Å²) in [6.07, 6.45) is 10.8. The van der Waals surface area contributed by atoms with Crippen molar-refractivity contribution in [2.45, 2.75) is 46.0 Å². The summed E-state index contributed by atoms with van der Waals surface area (Å²) in [6.45, 7) is 5.21. The van der Waals surface area contributed by atoms with Crippen molar-refractivity contribution in [2.24, 2.45) is 16.7 Å². The van der Waals surface area contributed by atoms with Gasteiger partial charge in [-0.3, -0.25) is 0 Å². The molecule has 2 rings (SSSR count). The van der Waals surface area contributed by atoms with E-state index >= 15 is 0 Å². The molecule has 0 aromatic carbocycles. The molecule has 1 saturated carbocycles. The van der Waals surface area contributed by atoms with Crippen molar-refractivity contribution in [1.29, 1.82) is 0 Å². The molecule has 80 valence electrons. The monoisotopic (exact) mass is 194 g/mol. The van der Waals surface area contributed by atoms with Gasteiger partial charge in [0.1, 0.15) is 0 Å². The van der Waals surface area contributed by atoms with Crippen LogP contribution in [0, 0.1) is 16.7 Å². The molecule has 2 aliphatic carbocycles. The Bertz CT molecular complexity index is 224. The van der Waals surface area contributed by atoms with Crippen molar-refractivity contribution >= 4 is 0 Å². The van der Waals surface area contributed by atoms with Crippen LogP contribution in [0.15, 0.2) is 12.2 Å². The van der Waals surface area contributed by atoms with E-state index in [1.54, 1.807) is 0 Å². The molecule has 3 atom stereocenters. The van der Waals surface area contributed by atoms with Gasteiger partial charge in [-0.05, 0) is 48.9 Å². The number of rotatable bonds is 2. The zero-order chi connectivity index (χ0) is 10.2. The number of aliphatic hydroxyl groups is 1. The predicted molar refractivity (Wildman–Crippen MR) is 59.0 cm³/mol. The maximum atomic E-state index is 9.08. The van der Waals surface area contributed by atoms with Gasteiger partial charge in [-0.15, -0.1) is 0 Å². The van der Waals surface area contributed by atoms with Gasteiger partial charge in [-0.1, -0.05) is 26.0 Å². The van der Waals surface area contributed by atoms with Crippen molar-refractivity contribution in [2.75, 3.05) is 6.61 Å². The molecule has 1 heteroatoms. The smallest absolute Gasteiger partial charge is 0.0434 e. The number of aliphatic hydroxyl groups excluding tert-OH is 1. The topological polar surface area (TPSA) is 20.2 Å². The van der Waals surface area contributed by atoms with E-state index in [0.717, 1.165) is 12.3 Å². The quantitative estimate of drug-likeness (QED) is 0.670. The number of fused-ring (bicyclic) bond motifs is 1. The molecule has 0 heterocycles. The summed E-state index contributed by atoms with van der Waals surface area (Å²) in [6, 6.07) is 0. The maximum absolute atomic E-state index is 9.08. The van der Waals surface area contributed by atoms with Crippen LogP contribution in [0.1, 0.15) is 46.0 Å². The van der Waals surface area contributed by atoms with Gasteiger partial charge in [0.05, 0.1) is 0 Å². The molecule has 2 aliphatic rings. The van der Waals surface area contributed by atoms with Gasteiger partial charge >= 0.3 is 0 Å². The predicted octanol–water partition coefficient (Wildman–Crippen LogP) is 3.14. The SMILES string of the molecule is C[C@@]12CC/C=C\CC[C@]1(C)C2CCO. The highest BCUT2D eigenvalue weighted by Gasteiger charge is 2.68. The van der Waals surface area contributed by atoms with E-state index in [4.69, 9.17) is 5.11 Å². The molecule has 1 N–H and O–H groups in total. The third kappa shape index (κ3) is 1.25. The standard InChI is InChI=1S/C13H22O/c1-12-8-5-3-4-6-9-13(12,2)11(12)7-10-14/h3-4,11,14H,5-10H2,1-2H3/b4-3-/t11?,12-,13+. The summed E-state index contributed by atoms with van der Waals surface area (Å²) >= 11 is 0. The molecule has 0 aromatic rings. The molecular formula is C13H22O. The van der Waals surface area contributed by atoms with Crippen molar-refractivity contribution in [1.82, 2.24) is 0 Å². The lowest BCUT2D eigenvalue weighted by Crippen LogP contribution is -2.08. The minimum atomic E-state index is 0.364. The van der Waals surface area contributed by atoms with Gasteiger partial charge in [0.2, 0.25) is 0 Å². The summed E-state index contributed by atoms with van der Waals surface area (Å²) in [5.74, 6) is 0.764. The zero-order valence-corrected chi connectivity index (χ0v) is 9.42. The number of allylic oxidation sites excluding steroid dienone is 2. The molecule has 0 amide bonds. The molecule has 0 aliphatic heterocycles. The van der Waals surface area contributed by atoms with E-state index in [0.29, 0.717) is 17.4 Å². The van der Waals surface area contributed by atoms with E-state index in [9.17, 15) is 0 Å². The normalized spacial score (nSPS) is 48.9.